The lowest BCUT2D eigenvalue weighted by molar-refractivity contribution is 0.102. The molecule has 1 amide bonds. The Bertz CT molecular complexity index is 826. The van der Waals surface area contributed by atoms with Crippen molar-refractivity contribution < 1.29 is 17.1 Å². The Morgan fingerprint density at radius 3 is 2.52 bits per heavy atom. The maximum Gasteiger partial charge on any atom is 0.334 e. The molecular weight excluding hydrogens is 297 g/mol. The molecule has 0 saturated carbocycles. The van der Waals surface area contributed by atoms with Gasteiger partial charge in [-0.3, -0.25) is 4.79 Å². The maximum absolute atomic E-state index is 13.1. The summed E-state index contributed by atoms with van der Waals surface area (Å²) in [5.41, 5.74) is 0.0644. The van der Waals surface area contributed by atoms with Crippen molar-refractivity contribution in [3.8, 4) is 6.07 Å². The van der Waals surface area contributed by atoms with Gasteiger partial charge in [-0.05, 0) is 24.3 Å². The van der Waals surface area contributed by atoms with Crippen LogP contribution in [0.5, 0.6) is 0 Å². The number of carbonyl (C=O) groups excluding carboxylic acids is 1. The summed E-state index contributed by atoms with van der Waals surface area (Å²) in [6, 6.07) is 9.63. The van der Waals surface area contributed by atoms with E-state index in [9.17, 15) is 17.1 Å². The van der Waals surface area contributed by atoms with Crippen molar-refractivity contribution in [1.82, 2.24) is 4.98 Å². The Morgan fingerprint density at radius 2 is 1.95 bits per heavy atom. The third-order valence-electron chi connectivity index (χ3n) is 2.52. The summed E-state index contributed by atoms with van der Waals surface area (Å²) in [5, 5.41) is 10.9. The molecule has 0 unspecified atom stereocenters. The van der Waals surface area contributed by atoms with Gasteiger partial charge in [0.15, 0.2) is 0 Å². The van der Waals surface area contributed by atoms with Gasteiger partial charge in [-0.2, -0.15) is 13.7 Å². The second-order valence-electron chi connectivity index (χ2n) is 3.93. The van der Waals surface area contributed by atoms with E-state index in [2.05, 4.69) is 10.3 Å². The number of hydrogen-bond acceptors (Lipinski definition) is 5. The first-order chi connectivity index (χ1) is 9.91. The Hall–Kier alpha value is -2.79. The summed E-state index contributed by atoms with van der Waals surface area (Å²) < 4.78 is 35.1. The number of halogens is 1. The van der Waals surface area contributed by atoms with Crippen LogP contribution < -0.4 is 5.32 Å². The number of carbonyl (C=O) groups is 1. The molecular formula is C13H8FN3O3S. The van der Waals surface area contributed by atoms with Crippen LogP contribution in [0.3, 0.4) is 0 Å². The summed E-state index contributed by atoms with van der Waals surface area (Å²) in [5.74, 6) is -0.712. The molecule has 2 rings (SSSR count). The molecule has 106 valence electrons. The minimum atomic E-state index is -4.95. The third kappa shape index (κ3) is 3.40. The predicted octanol–water partition coefficient (Wildman–Crippen LogP) is 1.86. The van der Waals surface area contributed by atoms with E-state index in [-0.39, 0.29) is 16.9 Å². The fourth-order valence-corrected chi connectivity index (χ4v) is 2.19. The van der Waals surface area contributed by atoms with Crippen LogP contribution in [0.25, 0.3) is 0 Å². The van der Waals surface area contributed by atoms with Crippen molar-refractivity contribution in [2.24, 2.45) is 0 Å². The molecule has 0 aliphatic carbocycles. The van der Waals surface area contributed by atoms with Gasteiger partial charge in [0.2, 0.25) is 0 Å². The molecule has 1 aromatic carbocycles. The molecule has 0 fully saturated rings. The first kappa shape index (κ1) is 14.6. The molecule has 0 spiro atoms. The zero-order chi connectivity index (χ0) is 15.5. The van der Waals surface area contributed by atoms with Crippen LogP contribution in [0.1, 0.15) is 16.1 Å². The number of anilines is 1. The van der Waals surface area contributed by atoms with Crippen LogP contribution >= 0.6 is 0 Å². The van der Waals surface area contributed by atoms with Crippen LogP contribution in [0.2, 0.25) is 0 Å². The number of nitriles is 1. The highest BCUT2D eigenvalue weighted by Gasteiger charge is 2.19. The molecule has 0 bridgehead atoms. The summed E-state index contributed by atoms with van der Waals surface area (Å²) in [7, 11) is -4.95. The number of para-hydroxylation sites is 1. The maximum atomic E-state index is 13.1. The monoisotopic (exact) mass is 305 g/mol. The number of nitrogens with one attached hydrogen (secondary N) is 1. The van der Waals surface area contributed by atoms with Crippen molar-refractivity contribution in [1.29, 1.82) is 5.26 Å². The molecule has 6 nitrogen and oxygen atoms in total. The zero-order valence-corrected chi connectivity index (χ0v) is 11.3. The van der Waals surface area contributed by atoms with E-state index < -0.39 is 21.0 Å². The Kier molecular flexibility index (Phi) is 3.95. The van der Waals surface area contributed by atoms with Crippen LogP contribution in [-0.2, 0) is 10.2 Å². The SMILES string of the molecule is N#Cc1ccc(C(=O)Nc2ccccc2S(=O)(=O)F)nc1. The van der Waals surface area contributed by atoms with Gasteiger partial charge in [0.05, 0.1) is 11.3 Å². The number of benzene rings is 1. The number of pyridine rings is 1. The fraction of sp³-hybridized carbons (Fsp3) is 0. The average molecular weight is 305 g/mol. The smallest absolute Gasteiger partial charge is 0.319 e. The van der Waals surface area contributed by atoms with Crippen molar-refractivity contribution >= 4 is 21.8 Å². The first-order valence-corrected chi connectivity index (χ1v) is 7.01. The third-order valence-corrected chi connectivity index (χ3v) is 3.40. The van der Waals surface area contributed by atoms with E-state index in [0.29, 0.717) is 0 Å². The lowest BCUT2D eigenvalue weighted by Crippen LogP contribution is -2.15. The second-order valence-corrected chi connectivity index (χ2v) is 5.25. The molecule has 0 aliphatic rings. The molecule has 1 heterocycles. The Balaban J connectivity index is 2.30. The van der Waals surface area contributed by atoms with Crippen LogP contribution in [0.4, 0.5) is 9.57 Å². The van der Waals surface area contributed by atoms with Gasteiger partial charge >= 0.3 is 10.2 Å². The number of nitrogens with zero attached hydrogens (tertiary/aromatic N) is 2. The van der Waals surface area contributed by atoms with Gasteiger partial charge in [0, 0.05) is 6.20 Å². The molecule has 1 N–H and O–H groups in total. The largest absolute Gasteiger partial charge is 0.334 e. The molecule has 0 saturated heterocycles. The Morgan fingerprint density at radius 1 is 1.24 bits per heavy atom. The number of aromatic nitrogens is 1. The molecule has 0 atom stereocenters. The van der Waals surface area contributed by atoms with Gasteiger partial charge in [0.25, 0.3) is 5.91 Å². The van der Waals surface area contributed by atoms with Crippen molar-refractivity contribution in [3.63, 3.8) is 0 Å². The highest BCUT2D eigenvalue weighted by Crippen LogP contribution is 2.23. The standard InChI is InChI=1S/C13H8FN3O3S/c14-21(19,20)12-4-2-1-3-10(12)17-13(18)11-6-5-9(7-15)8-16-11/h1-6,8H,(H,17,18). The zero-order valence-electron chi connectivity index (χ0n) is 10.4. The lowest BCUT2D eigenvalue weighted by Gasteiger charge is -2.07. The van der Waals surface area contributed by atoms with Gasteiger partial charge in [-0.15, -0.1) is 3.89 Å². The van der Waals surface area contributed by atoms with Crippen LogP contribution in [0.15, 0.2) is 47.5 Å². The van der Waals surface area contributed by atoms with Crippen molar-refractivity contribution in [2.45, 2.75) is 4.90 Å². The quantitative estimate of drug-likeness (QED) is 0.872. The molecule has 2 aromatic rings. The minimum Gasteiger partial charge on any atom is -0.319 e. The highest BCUT2D eigenvalue weighted by molar-refractivity contribution is 7.86. The van der Waals surface area contributed by atoms with E-state index >= 15 is 0 Å². The lowest BCUT2D eigenvalue weighted by atomic mass is 10.2. The summed E-state index contributed by atoms with van der Waals surface area (Å²) in [4.78, 5) is 15.0. The number of hydrogen-bond donors (Lipinski definition) is 1. The van der Waals surface area contributed by atoms with Gasteiger partial charge < -0.3 is 5.32 Å². The van der Waals surface area contributed by atoms with Crippen LogP contribution in [-0.4, -0.2) is 19.3 Å². The molecule has 8 heteroatoms. The fourth-order valence-electron chi connectivity index (χ4n) is 1.56. The first-order valence-electron chi connectivity index (χ1n) is 5.63. The van der Waals surface area contributed by atoms with Gasteiger partial charge in [-0.1, -0.05) is 12.1 Å². The van der Waals surface area contributed by atoms with Gasteiger partial charge in [-0.25, -0.2) is 4.98 Å². The normalized spacial score (nSPS) is 10.7. The van der Waals surface area contributed by atoms with Crippen LogP contribution in [0, 0.1) is 11.3 Å². The van der Waals surface area contributed by atoms with Gasteiger partial charge in [0.1, 0.15) is 16.7 Å². The topological polar surface area (TPSA) is 99.9 Å². The van der Waals surface area contributed by atoms with E-state index in [1.807, 2.05) is 6.07 Å². The van der Waals surface area contributed by atoms with E-state index in [4.69, 9.17) is 5.26 Å². The summed E-state index contributed by atoms with van der Waals surface area (Å²) in [6.07, 6.45) is 1.20. The number of amides is 1. The molecule has 1 aromatic heterocycles. The predicted molar refractivity (Wildman–Crippen MR) is 71.6 cm³/mol. The molecule has 21 heavy (non-hydrogen) atoms. The molecule has 0 aliphatic heterocycles. The second kappa shape index (κ2) is 5.68. The van der Waals surface area contributed by atoms with E-state index in [1.54, 1.807) is 0 Å². The average Bonchev–Trinajstić information content (AvgIpc) is 2.47. The van der Waals surface area contributed by atoms with E-state index in [1.165, 1.54) is 36.5 Å². The van der Waals surface area contributed by atoms with E-state index in [0.717, 1.165) is 6.07 Å². The highest BCUT2D eigenvalue weighted by atomic mass is 32.3. The molecule has 0 radical (unpaired) electrons. The summed E-state index contributed by atoms with van der Waals surface area (Å²) >= 11 is 0. The Labute approximate surface area is 120 Å². The van der Waals surface area contributed by atoms with Crippen molar-refractivity contribution in [2.75, 3.05) is 5.32 Å². The van der Waals surface area contributed by atoms with Crippen molar-refractivity contribution in [3.05, 3.63) is 53.9 Å². The minimum absolute atomic E-state index is 0.0277. The summed E-state index contributed by atoms with van der Waals surface area (Å²) in [6.45, 7) is 0. The number of rotatable bonds is 3.